The van der Waals surface area contributed by atoms with Gasteiger partial charge in [0, 0.05) is 24.8 Å². The van der Waals surface area contributed by atoms with Gasteiger partial charge in [-0.1, -0.05) is 0 Å². The predicted molar refractivity (Wildman–Crippen MR) is 101 cm³/mol. The molecular weight excluding hydrogens is 370 g/mol. The van der Waals surface area contributed by atoms with Gasteiger partial charge in [-0.05, 0) is 36.8 Å². The molecule has 0 heterocycles. The summed E-state index contributed by atoms with van der Waals surface area (Å²) in [5.41, 5.74) is 0.960. The molecule has 0 aliphatic rings. The number of hydrogen-bond donors (Lipinski definition) is 2. The molecule has 11 nitrogen and oxygen atoms in total. The van der Waals surface area contributed by atoms with E-state index in [1.165, 1.54) is 6.07 Å². The number of nitro benzene ring substituents is 2. The molecule has 0 radical (unpaired) electrons. The van der Waals surface area contributed by atoms with Gasteiger partial charge in [-0.2, -0.15) is 5.11 Å². The van der Waals surface area contributed by atoms with Gasteiger partial charge in [0.25, 0.3) is 5.69 Å². The van der Waals surface area contributed by atoms with Crippen molar-refractivity contribution < 1.29 is 20.1 Å². The first-order chi connectivity index (χ1) is 13.4. The Morgan fingerprint density at radius 1 is 0.929 bits per heavy atom. The average molecular weight is 389 g/mol. The standard InChI is InChI=1S/C17H19N5O6/c1-12-10-13(20(6-8-23)7-9-24)2-4-15(12)18-19-16-5-3-14(21(25)26)11-17(16)22(27)28/h2-5,10-11,23-24H,6-9H2,1H3. The van der Waals surface area contributed by atoms with E-state index in [2.05, 4.69) is 10.2 Å². The van der Waals surface area contributed by atoms with E-state index in [0.717, 1.165) is 23.4 Å². The molecule has 0 aliphatic carbocycles. The van der Waals surface area contributed by atoms with Gasteiger partial charge in [0.1, 0.15) is 0 Å². The molecule has 0 spiro atoms. The van der Waals surface area contributed by atoms with E-state index in [4.69, 9.17) is 10.2 Å². The maximum absolute atomic E-state index is 11.2. The highest BCUT2D eigenvalue weighted by Crippen LogP contribution is 2.33. The number of rotatable bonds is 9. The summed E-state index contributed by atoms with van der Waals surface area (Å²) in [4.78, 5) is 22.3. The third-order valence-electron chi connectivity index (χ3n) is 3.92. The summed E-state index contributed by atoms with van der Waals surface area (Å²) in [6.07, 6.45) is 0. The number of benzene rings is 2. The highest BCUT2D eigenvalue weighted by Gasteiger charge is 2.19. The Morgan fingerprint density at radius 2 is 1.54 bits per heavy atom. The van der Waals surface area contributed by atoms with Crippen molar-refractivity contribution in [2.45, 2.75) is 6.92 Å². The van der Waals surface area contributed by atoms with Crippen LogP contribution < -0.4 is 4.90 Å². The number of nitrogens with zero attached hydrogens (tertiary/aromatic N) is 5. The molecule has 0 unspecified atom stereocenters. The van der Waals surface area contributed by atoms with Crippen LogP contribution in [0.25, 0.3) is 0 Å². The largest absolute Gasteiger partial charge is 0.395 e. The van der Waals surface area contributed by atoms with Crippen LogP contribution in [0.2, 0.25) is 0 Å². The predicted octanol–water partition coefficient (Wildman–Crippen LogP) is 3.02. The van der Waals surface area contributed by atoms with E-state index in [1.54, 1.807) is 30.0 Å². The van der Waals surface area contributed by atoms with Crippen molar-refractivity contribution in [3.8, 4) is 0 Å². The first kappa shape index (κ1) is 20.9. The number of anilines is 1. The summed E-state index contributed by atoms with van der Waals surface area (Å²) in [7, 11) is 0. The smallest absolute Gasteiger partial charge is 0.303 e. The number of non-ortho nitro benzene ring substituents is 1. The number of hydrogen-bond acceptors (Lipinski definition) is 9. The van der Waals surface area contributed by atoms with E-state index in [9.17, 15) is 20.2 Å². The zero-order valence-corrected chi connectivity index (χ0v) is 15.1. The molecule has 0 fully saturated rings. The topological polar surface area (TPSA) is 155 Å². The third-order valence-corrected chi connectivity index (χ3v) is 3.92. The number of aliphatic hydroxyl groups is 2. The minimum absolute atomic E-state index is 0.0652. The van der Waals surface area contributed by atoms with Crippen LogP contribution in [0.5, 0.6) is 0 Å². The van der Waals surface area contributed by atoms with Crippen molar-refractivity contribution in [3.63, 3.8) is 0 Å². The summed E-state index contributed by atoms with van der Waals surface area (Å²) in [6.45, 7) is 2.36. The lowest BCUT2D eigenvalue weighted by Gasteiger charge is -2.23. The summed E-state index contributed by atoms with van der Waals surface area (Å²) >= 11 is 0. The lowest BCUT2D eigenvalue weighted by Crippen LogP contribution is -2.29. The Labute approximate surface area is 159 Å². The fourth-order valence-electron chi connectivity index (χ4n) is 2.52. The molecule has 0 saturated heterocycles. The fourth-order valence-corrected chi connectivity index (χ4v) is 2.52. The van der Waals surface area contributed by atoms with E-state index in [1.807, 2.05) is 0 Å². The van der Waals surface area contributed by atoms with Crippen LogP contribution in [-0.2, 0) is 0 Å². The first-order valence-corrected chi connectivity index (χ1v) is 8.29. The molecule has 2 aromatic carbocycles. The van der Waals surface area contributed by atoms with Crippen LogP contribution in [0.4, 0.5) is 28.4 Å². The second-order valence-corrected chi connectivity index (χ2v) is 5.79. The Kier molecular flexibility index (Phi) is 7.07. The molecule has 0 saturated carbocycles. The van der Waals surface area contributed by atoms with E-state index < -0.39 is 21.2 Å². The summed E-state index contributed by atoms with van der Waals surface area (Å²) < 4.78 is 0. The molecule has 2 N–H and O–H groups in total. The highest BCUT2D eigenvalue weighted by atomic mass is 16.6. The Morgan fingerprint density at radius 3 is 2.07 bits per heavy atom. The Bertz CT molecular complexity index is 896. The molecule has 0 atom stereocenters. The normalized spacial score (nSPS) is 11.0. The number of azo groups is 1. The maximum Gasteiger partial charge on any atom is 0.303 e. The summed E-state index contributed by atoms with van der Waals surface area (Å²) in [6, 6.07) is 8.33. The fraction of sp³-hybridized carbons (Fsp3) is 0.294. The van der Waals surface area contributed by atoms with Gasteiger partial charge < -0.3 is 15.1 Å². The SMILES string of the molecule is Cc1cc(N(CCO)CCO)ccc1N=Nc1ccc([N+](=O)[O-])cc1[N+](=O)[O-]. The first-order valence-electron chi connectivity index (χ1n) is 8.29. The van der Waals surface area contributed by atoms with Crippen molar-refractivity contribution >= 4 is 28.4 Å². The second-order valence-electron chi connectivity index (χ2n) is 5.79. The molecule has 148 valence electrons. The highest BCUT2D eigenvalue weighted by molar-refractivity contribution is 5.62. The van der Waals surface area contributed by atoms with Crippen molar-refractivity contribution in [2.24, 2.45) is 10.2 Å². The average Bonchev–Trinajstić information content (AvgIpc) is 2.66. The van der Waals surface area contributed by atoms with Crippen LogP contribution in [-0.4, -0.2) is 46.4 Å². The number of aryl methyl sites for hydroxylation is 1. The molecule has 2 aromatic rings. The van der Waals surface area contributed by atoms with Crippen molar-refractivity contribution in [2.75, 3.05) is 31.2 Å². The van der Waals surface area contributed by atoms with Crippen LogP contribution in [0.15, 0.2) is 46.6 Å². The van der Waals surface area contributed by atoms with Crippen molar-refractivity contribution in [1.29, 1.82) is 0 Å². The van der Waals surface area contributed by atoms with Crippen LogP contribution >= 0.6 is 0 Å². The van der Waals surface area contributed by atoms with E-state index in [-0.39, 0.29) is 18.9 Å². The van der Waals surface area contributed by atoms with Gasteiger partial charge in [0.2, 0.25) is 0 Å². The van der Waals surface area contributed by atoms with E-state index >= 15 is 0 Å². The van der Waals surface area contributed by atoms with Gasteiger partial charge in [-0.25, -0.2) is 0 Å². The second kappa shape index (κ2) is 9.48. The molecular formula is C17H19N5O6. The van der Waals surface area contributed by atoms with Crippen LogP contribution in [0, 0.1) is 27.2 Å². The maximum atomic E-state index is 11.2. The molecule has 0 aromatic heterocycles. The van der Waals surface area contributed by atoms with Gasteiger partial charge in [-0.3, -0.25) is 20.2 Å². The van der Waals surface area contributed by atoms with Gasteiger partial charge in [0.15, 0.2) is 5.69 Å². The van der Waals surface area contributed by atoms with E-state index in [0.29, 0.717) is 18.8 Å². The van der Waals surface area contributed by atoms with Gasteiger partial charge >= 0.3 is 5.69 Å². The van der Waals surface area contributed by atoms with Crippen molar-refractivity contribution in [3.05, 3.63) is 62.2 Å². The zero-order valence-electron chi connectivity index (χ0n) is 15.1. The summed E-state index contributed by atoms with van der Waals surface area (Å²) in [5.74, 6) is 0. The van der Waals surface area contributed by atoms with Crippen LogP contribution in [0.1, 0.15) is 5.56 Å². The quantitative estimate of drug-likeness (QED) is 0.379. The minimum Gasteiger partial charge on any atom is -0.395 e. The number of aliphatic hydroxyl groups excluding tert-OH is 2. The lowest BCUT2D eigenvalue weighted by molar-refractivity contribution is -0.393. The summed E-state index contributed by atoms with van der Waals surface area (Å²) in [5, 5.41) is 48.1. The lowest BCUT2D eigenvalue weighted by atomic mass is 10.1. The molecule has 0 amide bonds. The van der Waals surface area contributed by atoms with Crippen molar-refractivity contribution in [1.82, 2.24) is 0 Å². The van der Waals surface area contributed by atoms with Gasteiger partial charge in [-0.15, -0.1) is 5.11 Å². The van der Waals surface area contributed by atoms with Gasteiger partial charge in [0.05, 0.1) is 34.8 Å². The third kappa shape index (κ3) is 5.05. The molecule has 28 heavy (non-hydrogen) atoms. The monoisotopic (exact) mass is 389 g/mol. The number of nitro groups is 2. The Hall–Kier alpha value is -3.44. The molecule has 0 aliphatic heterocycles. The Balaban J connectivity index is 2.31. The minimum atomic E-state index is -0.751. The van der Waals surface area contributed by atoms with Crippen LogP contribution in [0.3, 0.4) is 0 Å². The molecule has 2 rings (SSSR count). The zero-order chi connectivity index (χ0) is 20.7. The molecule has 0 bridgehead atoms. The molecule has 11 heteroatoms.